The first-order valence-electron chi connectivity index (χ1n) is 10.4. The highest BCUT2D eigenvalue weighted by Crippen LogP contribution is 2.44. The van der Waals surface area contributed by atoms with Gasteiger partial charge in [0.15, 0.2) is 23.0 Å². The van der Waals surface area contributed by atoms with E-state index in [0.717, 1.165) is 42.7 Å². The molecule has 8 heteroatoms. The molecule has 2 aromatic rings. The van der Waals surface area contributed by atoms with Gasteiger partial charge in [-0.1, -0.05) is 18.9 Å². The Hall–Kier alpha value is -2.45. The van der Waals surface area contributed by atoms with Crippen molar-refractivity contribution in [2.24, 2.45) is 0 Å². The van der Waals surface area contributed by atoms with E-state index in [0.29, 0.717) is 44.5 Å². The number of rotatable bonds is 5. The molecule has 0 radical (unpaired) electrons. The van der Waals surface area contributed by atoms with E-state index < -0.39 is 10.0 Å². The second kappa shape index (κ2) is 7.67. The molecule has 2 aromatic carbocycles. The summed E-state index contributed by atoms with van der Waals surface area (Å²) in [5, 5.41) is 0. The van der Waals surface area contributed by atoms with E-state index in [4.69, 9.17) is 18.9 Å². The van der Waals surface area contributed by atoms with Crippen molar-refractivity contribution in [3.8, 4) is 23.0 Å². The Balaban J connectivity index is 1.39. The van der Waals surface area contributed by atoms with Crippen LogP contribution in [0.2, 0.25) is 0 Å². The van der Waals surface area contributed by atoms with Gasteiger partial charge in [-0.3, -0.25) is 0 Å². The number of fused-ring (bicyclic) bond motifs is 2. The molecule has 1 N–H and O–H groups in total. The summed E-state index contributed by atoms with van der Waals surface area (Å²) in [7, 11) is -3.69. The van der Waals surface area contributed by atoms with Crippen molar-refractivity contribution in [1.29, 1.82) is 0 Å². The van der Waals surface area contributed by atoms with Crippen molar-refractivity contribution >= 4 is 10.0 Å². The maximum Gasteiger partial charge on any atom is 0.240 e. The lowest BCUT2D eigenvalue weighted by molar-refractivity contribution is 0.171. The standard InChI is InChI=1S/C22H25NO6S/c24-30(25,17-4-6-19-21(14-17)29-12-10-27-19)23-15-22(7-1-2-8-22)16-3-5-18-20(13-16)28-11-9-26-18/h3-6,13-14,23H,1-2,7-12,15H2. The quantitative estimate of drug-likeness (QED) is 0.784. The van der Waals surface area contributed by atoms with E-state index in [1.165, 1.54) is 6.07 Å². The Morgan fingerprint density at radius 2 is 1.33 bits per heavy atom. The first-order chi connectivity index (χ1) is 14.6. The molecule has 0 unspecified atom stereocenters. The summed E-state index contributed by atoms with van der Waals surface area (Å²) in [5.41, 5.74) is 0.839. The monoisotopic (exact) mass is 431 g/mol. The molecule has 1 saturated carbocycles. The smallest absolute Gasteiger partial charge is 0.240 e. The van der Waals surface area contributed by atoms with Gasteiger partial charge in [-0.2, -0.15) is 0 Å². The van der Waals surface area contributed by atoms with Crippen LogP contribution >= 0.6 is 0 Å². The Bertz CT molecular complexity index is 1050. The molecule has 0 saturated heterocycles. The molecule has 0 atom stereocenters. The molecule has 160 valence electrons. The first-order valence-corrected chi connectivity index (χ1v) is 11.8. The second-order valence-electron chi connectivity index (χ2n) is 7.98. The molecule has 30 heavy (non-hydrogen) atoms. The van der Waals surface area contributed by atoms with Crippen molar-refractivity contribution < 1.29 is 27.4 Å². The van der Waals surface area contributed by atoms with Gasteiger partial charge in [0.2, 0.25) is 10.0 Å². The third-order valence-electron chi connectivity index (χ3n) is 6.14. The molecule has 0 spiro atoms. The van der Waals surface area contributed by atoms with Crippen LogP contribution in [0.3, 0.4) is 0 Å². The highest BCUT2D eigenvalue weighted by atomic mass is 32.2. The van der Waals surface area contributed by atoms with Crippen molar-refractivity contribution in [2.75, 3.05) is 33.0 Å². The van der Waals surface area contributed by atoms with Crippen molar-refractivity contribution in [3.05, 3.63) is 42.0 Å². The molecule has 1 aliphatic carbocycles. The molecule has 5 rings (SSSR count). The van der Waals surface area contributed by atoms with Crippen LogP contribution < -0.4 is 23.7 Å². The van der Waals surface area contributed by atoms with Crippen molar-refractivity contribution in [3.63, 3.8) is 0 Å². The summed E-state index contributed by atoms with van der Waals surface area (Å²) in [4.78, 5) is 0.182. The van der Waals surface area contributed by atoms with Crippen LogP contribution in [-0.4, -0.2) is 41.4 Å². The third-order valence-corrected chi connectivity index (χ3v) is 7.54. The predicted octanol–water partition coefficient (Wildman–Crippen LogP) is 3.02. The summed E-state index contributed by atoms with van der Waals surface area (Å²) >= 11 is 0. The van der Waals surface area contributed by atoms with Gasteiger partial charge in [0, 0.05) is 18.0 Å². The van der Waals surface area contributed by atoms with Crippen LogP contribution in [0.25, 0.3) is 0 Å². The van der Waals surface area contributed by atoms with Gasteiger partial charge < -0.3 is 18.9 Å². The van der Waals surface area contributed by atoms with Crippen molar-refractivity contribution in [1.82, 2.24) is 4.72 Å². The summed E-state index contributed by atoms with van der Waals surface area (Å²) < 4.78 is 51.3. The fourth-order valence-electron chi connectivity index (χ4n) is 4.50. The minimum absolute atomic E-state index is 0.182. The largest absolute Gasteiger partial charge is 0.486 e. The van der Waals surface area contributed by atoms with Gasteiger partial charge in [0.25, 0.3) is 0 Å². The summed E-state index contributed by atoms with van der Waals surface area (Å²) in [6.45, 7) is 2.29. The lowest BCUT2D eigenvalue weighted by atomic mass is 9.79. The van der Waals surface area contributed by atoms with Gasteiger partial charge in [0.1, 0.15) is 26.4 Å². The fourth-order valence-corrected chi connectivity index (χ4v) is 5.64. The fraction of sp³-hybridized carbons (Fsp3) is 0.455. The highest BCUT2D eigenvalue weighted by molar-refractivity contribution is 7.89. The van der Waals surface area contributed by atoms with Crippen LogP contribution in [0, 0.1) is 0 Å². The van der Waals surface area contributed by atoms with Crippen LogP contribution in [0.5, 0.6) is 23.0 Å². The topological polar surface area (TPSA) is 83.1 Å². The summed E-state index contributed by atoms with van der Waals surface area (Å²) in [6.07, 6.45) is 3.99. The predicted molar refractivity (Wildman–Crippen MR) is 110 cm³/mol. The third kappa shape index (κ3) is 3.58. The first kappa shape index (κ1) is 19.5. The number of ether oxygens (including phenoxy) is 4. The van der Waals surface area contributed by atoms with Gasteiger partial charge >= 0.3 is 0 Å². The molecule has 1 fully saturated rings. The number of sulfonamides is 1. The Morgan fingerprint density at radius 3 is 2.00 bits per heavy atom. The molecule has 2 heterocycles. The average Bonchev–Trinajstić information content (AvgIpc) is 3.27. The van der Waals surface area contributed by atoms with E-state index in [1.807, 2.05) is 18.2 Å². The Labute approximate surface area is 176 Å². The van der Waals surface area contributed by atoms with Gasteiger partial charge in [-0.05, 0) is 42.7 Å². The molecular formula is C22H25NO6S. The molecule has 3 aliphatic rings. The molecule has 0 amide bonds. The lowest BCUT2D eigenvalue weighted by Crippen LogP contribution is -2.39. The molecular weight excluding hydrogens is 406 g/mol. The molecule has 7 nitrogen and oxygen atoms in total. The Morgan fingerprint density at radius 1 is 0.767 bits per heavy atom. The van der Waals surface area contributed by atoms with Crippen LogP contribution in [0.1, 0.15) is 31.2 Å². The molecule has 0 aromatic heterocycles. The number of nitrogens with one attached hydrogen (secondary N) is 1. The number of hydrogen-bond acceptors (Lipinski definition) is 6. The molecule has 0 bridgehead atoms. The van der Waals surface area contributed by atoms with Gasteiger partial charge in [0.05, 0.1) is 4.90 Å². The van der Waals surface area contributed by atoms with Crippen molar-refractivity contribution in [2.45, 2.75) is 36.0 Å². The van der Waals surface area contributed by atoms with E-state index >= 15 is 0 Å². The number of hydrogen-bond donors (Lipinski definition) is 1. The molecule has 2 aliphatic heterocycles. The van der Waals surface area contributed by atoms with E-state index in [1.54, 1.807) is 12.1 Å². The lowest BCUT2D eigenvalue weighted by Gasteiger charge is -2.31. The second-order valence-corrected chi connectivity index (χ2v) is 9.74. The normalized spacial score (nSPS) is 19.5. The maximum absolute atomic E-state index is 13.0. The van der Waals surface area contributed by atoms with E-state index in [2.05, 4.69) is 4.72 Å². The summed E-state index contributed by atoms with van der Waals surface area (Å²) in [5.74, 6) is 2.52. The van der Waals surface area contributed by atoms with E-state index in [-0.39, 0.29) is 10.3 Å². The average molecular weight is 432 g/mol. The van der Waals surface area contributed by atoms with Crippen LogP contribution in [-0.2, 0) is 15.4 Å². The van der Waals surface area contributed by atoms with Crippen LogP contribution in [0.4, 0.5) is 0 Å². The van der Waals surface area contributed by atoms with Gasteiger partial charge in [-0.15, -0.1) is 0 Å². The van der Waals surface area contributed by atoms with E-state index in [9.17, 15) is 8.42 Å². The zero-order valence-electron chi connectivity index (χ0n) is 16.7. The zero-order valence-corrected chi connectivity index (χ0v) is 17.5. The van der Waals surface area contributed by atoms with Crippen LogP contribution in [0.15, 0.2) is 41.3 Å². The maximum atomic E-state index is 13.0. The number of benzene rings is 2. The minimum atomic E-state index is -3.69. The minimum Gasteiger partial charge on any atom is -0.486 e. The zero-order chi connectivity index (χ0) is 20.6. The summed E-state index contributed by atoms with van der Waals surface area (Å²) in [6, 6.07) is 10.7. The van der Waals surface area contributed by atoms with Gasteiger partial charge in [-0.25, -0.2) is 13.1 Å². The highest BCUT2D eigenvalue weighted by Gasteiger charge is 2.37. The Kier molecular flexibility index (Phi) is 4.99. The SMILES string of the molecule is O=S(=O)(NCC1(c2ccc3c(c2)OCCO3)CCCC1)c1ccc2c(c1)OCCO2.